The predicted octanol–water partition coefficient (Wildman–Crippen LogP) is 2.84. The fraction of sp³-hybridized carbons (Fsp3) is 0.400. The molecule has 0 saturated carbocycles. The Morgan fingerprint density at radius 2 is 1.95 bits per heavy atom. The Morgan fingerprint density at radius 3 is 2.40 bits per heavy atom. The summed E-state index contributed by atoms with van der Waals surface area (Å²) < 4.78 is 6.84. The minimum atomic E-state index is -1.02. The number of halogens is 1. The summed E-state index contributed by atoms with van der Waals surface area (Å²) in [6, 6.07) is 7.38. The van der Waals surface area contributed by atoms with Gasteiger partial charge >= 0.3 is 0 Å². The highest BCUT2D eigenvalue weighted by molar-refractivity contribution is 6.31. The number of rotatable bonds is 4. The lowest BCUT2D eigenvalue weighted by Crippen LogP contribution is -2.25. The van der Waals surface area contributed by atoms with Gasteiger partial charge in [0, 0.05) is 13.5 Å². The molecule has 0 saturated heterocycles. The van der Waals surface area contributed by atoms with E-state index in [1.54, 1.807) is 18.7 Å². The Kier molecular flexibility index (Phi) is 4.06. The minimum absolute atomic E-state index is 0.398. The van der Waals surface area contributed by atoms with Gasteiger partial charge in [-0.05, 0) is 31.5 Å². The zero-order valence-electron chi connectivity index (χ0n) is 12.1. The fourth-order valence-corrected chi connectivity index (χ4v) is 2.48. The van der Waals surface area contributed by atoms with E-state index >= 15 is 0 Å². The lowest BCUT2D eigenvalue weighted by Gasteiger charge is -2.24. The van der Waals surface area contributed by atoms with Crippen molar-refractivity contribution < 1.29 is 9.84 Å². The van der Waals surface area contributed by atoms with Gasteiger partial charge in [-0.2, -0.15) is 5.10 Å². The minimum Gasteiger partial charge on any atom is -0.497 e. The van der Waals surface area contributed by atoms with Gasteiger partial charge in [-0.25, -0.2) is 0 Å². The first-order valence-corrected chi connectivity index (χ1v) is 6.78. The van der Waals surface area contributed by atoms with Gasteiger partial charge in [0.15, 0.2) is 0 Å². The SMILES string of the molecule is COc1ccc(C(C)(O)Cc2c(Cl)c(C)nn2C)cc1. The molecule has 0 spiro atoms. The van der Waals surface area contributed by atoms with Crippen LogP contribution in [0.1, 0.15) is 23.9 Å². The average molecular weight is 295 g/mol. The third-order valence-electron chi connectivity index (χ3n) is 3.49. The first-order valence-electron chi connectivity index (χ1n) is 6.40. The third-order valence-corrected chi connectivity index (χ3v) is 3.98. The largest absolute Gasteiger partial charge is 0.497 e. The van der Waals surface area contributed by atoms with Crippen LogP contribution in [0, 0.1) is 6.92 Å². The van der Waals surface area contributed by atoms with E-state index < -0.39 is 5.60 Å². The van der Waals surface area contributed by atoms with Crippen molar-refractivity contribution in [2.75, 3.05) is 7.11 Å². The van der Waals surface area contributed by atoms with Crippen molar-refractivity contribution in [1.82, 2.24) is 9.78 Å². The number of hydrogen-bond donors (Lipinski definition) is 1. The summed E-state index contributed by atoms with van der Waals surface area (Å²) in [6.45, 7) is 3.63. The molecule has 2 rings (SSSR count). The second-order valence-electron chi connectivity index (χ2n) is 5.15. The van der Waals surface area contributed by atoms with Gasteiger partial charge in [-0.3, -0.25) is 4.68 Å². The average Bonchev–Trinajstić information content (AvgIpc) is 2.65. The van der Waals surface area contributed by atoms with E-state index in [4.69, 9.17) is 16.3 Å². The fourth-order valence-electron chi connectivity index (χ4n) is 2.25. The second kappa shape index (κ2) is 5.46. The Bertz CT molecular complexity index is 603. The highest BCUT2D eigenvalue weighted by atomic mass is 35.5. The number of methoxy groups -OCH3 is 1. The van der Waals surface area contributed by atoms with Crippen LogP contribution in [0.2, 0.25) is 5.02 Å². The first kappa shape index (κ1) is 14.9. The standard InChI is InChI=1S/C15H19ClN2O2/c1-10-14(16)13(18(3)17-10)9-15(2,19)11-5-7-12(20-4)8-6-11/h5-8,19H,9H2,1-4H3. The van der Waals surface area contributed by atoms with E-state index in [0.717, 1.165) is 22.7 Å². The monoisotopic (exact) mass is 294 g/mol. The molecule has 0 aliphatic rings. The maximum absolute atomic E-state index is 10.7. The van der Waals surface area contributed by atoms with Crippen LogP contribution in [0.15, 0.2) is 24.3 Å². The van der Waals surface area contributed by atoms with Crippen LogP contribution in [0.5, 0.6) is 5.75 Å². The molecule has 20 heavy (non-hydrogen) atoms. The van der Waals surface area contributed by atoms with Crippen molar-refractivity contribution in [3.8, 4) is 5.75 Å². The zero-order chi connectivity index (χ0) is 14.9. The molecule has 1 unspecified atom stereocenters. The molecule has 2 aromatic rings. The topological polar surface area (TPSA) is 47.3 Å². The molecule has 1 aromatic heterocycles. The molecule has 108 valence electrons. The van der Waals surface area contributed by atoms with Gasteiger partial charge in [-0.15, -0.1) is 0 Å². The molecule has 1 heterocycles. The molecule has 0 aliphatic carbocycles. The molecule has 0 amide bonds. The summed E-state index contributed by atoms with van der Waals surface area (Å²) in [5.41, 5.74) is 1.39. The highest BCUT2D eigenvalue weighted by Gasteiger charge is 2.27. The van der Waals surface area contributed by atoms with E-state index in [9.17, 15) is 5.11 Å². The first-order chi connectivity index (χ1) is 9.35. The summed E-state index contributed by atoms with van der Waals surface area (Å²) >= 11 is 6.24. The lowest BCUT2D eigenvalue weighted by atomic mass is 9.91. The lowest BCUT2D eigenvalue weighted by molar-refractivity contribution is 0.0556. The molecule has 0 aliphatic heterocycles. The molecule has 1 atom stereocenters. The van der Waals surface area contributed by atoms with Gasteiger partial charge in [0.1, 0.15) is 5.75 Å². The van der Waals surface area contributed by atoms with Gasteiger partial charge in [0.05, 0.1) is 29.1 Å². The van der Waals surface area contributed by atoms with Crippen LogP contribution in [0.4, 0.5) is 0 Å². The van der Waals surface area contributed by atoms with Crippen LogP contribution in [0.3, 0.4) is 0 Å². The number of aryl methyl sites for hydroxylation is 2. The second-order valence-corrected chi connectivity index (χ2v) is 5.53. The smallest absolute Gasteiger partial charge is 0.118 e. The van der Waals surface area contributed by atoms with E-state index in [0.29, 0.717) is 11.4 Å². The normalized spacial score (nSPS) is 14.1. The van der Waals surface area contributed by atoms with Crippen molar-refractivity contribution in [2.45, 2.75) is 25.9 Å². The molecular formula is C15H19ClN2O2. The van der Waals surface area contributed by atoms with Crippen LogP contribution >= 0.6 is 11.6 Å². The van der Waals surface area contributed by atoms with Crippen LogP contribution < -0.4 is 4.74 Å². The number of aliphatic hydroxyl groups is 1. The number of aromatic nitrogens is 2. The Labute approximate surface area is 123 Å². The van der Waals surface area contributed by atoms with Crippen molar-refractivity contribution in [1.29, 1.82) is 0 Å². The Hall–Kier alpha value is -1.52. The summed E-state index contributed by atoms with van der Waals surface area (Å²) in [5.74, 6) is 0.763. The molecule has 1 aromatic carbocycles. The summed E-state index contributed by atoms with van der Waals surface area (Å²) in [6.07, 6.45) is 0.398. The molecular weight excluding hydrogens is 276 g/mol. The van der Waals surface area contributed by atoms with Crippen LogP contribution in [-0.4, -0.2) is 22.0 Å². The van der Waals surface area contributed by atoms with Crippen molar-refractivity contribution in [3.05, 3.63) is 46.2 Å². The van der Waals surface area contributed by atoms with Gasteiger partial charge in [0.2, 0.25) is 0 Å². The highest BCUT2D eigenvalue weighted by Crippen LogP contribution is 2.30. The number of hydrogen-bond acceptors (Lipinski definition) is 3. The van der Waals surface area contributed by atoms with E-state index in [-0.39, 0.29) is 0 Å². The van der Waals surface area contributed by atoms with Crippen LogP contribution in [-0.2, 0) is 19.1 Å². The molecule has 4 nitrogen and oxygen atoms in total. The van der Waals surface area contributed by atoms with Gasteiger partial charge in [0.25, 0.3) is 0 Å². The number of nitrogens with zero attached hydrogens (tertiary/aromatic N) is 2. The Morgan fingerprint density at radius 1 is 1.35 bits per heavy atom. The molecule has 1 N–H and O–H groups in total. The van der Waals surface area contributed by atoms with Crippen molar-refractivity contribution in [2.24, 2.45) is 7.05 Å². The summed E-state index contributed by atoms with van der Waals surface area (Å²) in [7, 11) is 3.45. The molecule has 0 radical (unpaired) electrons. The third kappa shape index (κ3) is 2.81. The Balaban J connectivity index is 2.29. The summed E-state index contributed by atoms with van der Waals surface area (Å²) in [5, 5.41) is 15.6. The maximum Gasteiger partial charge on any atom is 0.118 e. The van der Waals surface area contributed by atoms with Gasteiger partial charge in [-0.1, -0.05) is 23.7 Å². The van der Waals surface area contributed by atoms with E-state index in [1.165, 1.54) is 0 Å². The maximum atomic E-state index is 10.7. The van der Waals surface area contributed by atoms with E-state index in [2.05, 4.69) is 5.10 Å². The quantitative estimate of drug-likeness (QED) is 0.943. The molecule has 0 bridgehead atoms. The number of ether oxygens (including phenoxy) is 1. The molecule has 5 heteroatoms. The van der Waals surface area contributed by atoms with Crippen molar-refractivity contribution in [3.63, 3.8) is 0 Å². The van der Waals surface area contributed by atoms with Crippen LogP contribution in [0.25, 0.3) is 0 Å². The van der Waals surface area contributed by atoms with Crippen molar-refractivity contribution >= 4 is 11.6 Å². The molecule has 0 fully saturated rings. The number of benzene rings is 1. The predicted molar refractivity (Wildman–Crippen MR) is 79.2 cm³/mol. The van der Waals surface area contributed by atoms with E-state index in [1.807, 2.05) is 38.2 Å². The summed E-state index contributed by atoms with van der Waals surface area (Å²) in [4.78, 5) is 0. The van der Waals surface area contributed by atoms with Gasteiger partial charge < -0.3 is 9.84 Å². The zero-order valence-corrected chi connectivity index (χ0v) is 12.9.